The average molecular weight is 327 g/mol. The summed E-state index contributed by atoms with van der Waals surface area (Å²) in [6, 6.07) is 13.7. The van der Waals surface area contributed by atoms with Crippen molar-refractivity contribution < 1.29 is 4.74 Å². The lowest BCUT2D eigenvalue weighted by Gasteiger charge is -2.12. The molecule has 0 aliphatic heterocycles. The van der Waals surface area contributed by atoms with Crippen molar-refractivity contribution in [3.8, 4) is 5.75 Å². The fourth-order valence-electron chi connectivity index (χ4n) is 1.68. The maximum absolute atomic E-state index is 6.04. The third-order valence-electron chi connectivity index (χ3n) is 2.61. The Hall–Kier alpha value is -1.19. The molecule has 0 bridgehead atoms. The minimum atomic E-state index is 0.683. The van der Waals surface area contributed by atoms with E-state index in [0.29, 0.717) is 11.6 Å². The van der Waals surface area contributed by atoms with E-state index in [-0.39, 0.29) is 0 Å². The highest BCUT2D eigenvalue weighted by Crippen LogP contribution is 2.30. The van der Waals surface area contributed by atoms with Gasteiger partial charge in [-0.15, -0.1) is 0 Å². The molecule has 0 saturated heterocycles. The van der Waals surface area contributed by atoms with E-state index in [1.807, 2.05) is 42.5 Å². The Morgan fingerprint density at radius 2 is 1.94 bits per heavy atom. The van der Waals surface area contributed by atoms with Gasteiger partial charge in [-0.05, 0) is 34.1 Å². The molecule has 4 heteroatoms. The van der Waals surface area contributed by atoms with Crippen LogP contribution in [0.1, 0.15) is 5.56 Å². The maximum atomic E-state index is 6.04. The third-order valence-corrected chi connectivity index (χ3v) is 4.01. The first-order chi connectivity index (χ1) is 8.72. The van der Waals surface area contributed by atoms with Crippen LogP contribution in [0.5, 0.6) is 5.75 Å². The molecule has 94 valence electrons. The van der Waals surface area contributed by atoms with Gasteiger partial charge >= 0.3 is 0 Å². The monoisotopic (exact) mass is 325 g/mol. The molecule has 0 aromatic heterocycles. The summed E-state index contributed by atoms with van der Waals surface area (Å²) in [5.41, 5.74) is 2.07. The first-order valence-electron chi connectivity index (χ1n) is 5.52. The van der Waals surface area contributed by atoms with Crippen molar-refractivity contribution in [3.05, 3.63) is 57.5 Å². The van der Waals surface area contributed by atoms with Crippen LogP contribution in [0.25, 0.3) is 0 Å². The lowest BCUT2D eigenvalue weighted by Crippen LogP contribution is -2.02. The van der Waals surface area contributed by atoms with Gasteiger partial charge in [-0.1, -0.05) is 35.9 Å². The smallest absolute Gasteiger partial charge is 0.123 e. The van der Waals surface area contributed by atoms with Crippen LogP contribution in [0, 0.1) is 0 Å². The molecule has 0 aliphatic rings. The number of hydrogen-bond acceptors (Lipinski definition) is 2. The van der Waals surface area contributed by atoms with Gasteiger partial charge in [0.25, 0.3) is 0 Å². The van der Waals surface area contributed by atoms with Gasteiger partial charge in [0.15, 0.2) is 0 Å². The first kappa shape index (κ1) is 13.2. The van der Waals surface area contributed by atoms with E-state index < -0.39 is 0 Å². The Labute approximate surface area is 120 Å². The van der Waals surface area contributed by atoms with Crippen LogP contribution in [0.2, 0.25) is 5.02 Å². The van der Waals surface area contributed by atoms with Gasteiger partial charge in [0.2, 0.25) is 0 Å². The standard InChI is InChI=1S/C14H13BrClNO/c1-18-13-8-3-2-5-10(13)9-17-12-7-4-6-11(16)14(12)15/h2-8,17H,9H2,1H3. The average Bonchev–Trinajstić information content (AvgIpc) is 2.41. The summed E-state index contributed by atoms with van der Waals surface area (Å²) in [6.45, 7) is 0.683. The highest BCUT2D eigenvalue weighted by atomic mass is 79.9. The Morgan fingerprint density at radius 1 is 1.17 bits per heavy atom. The number of benzene rings is 2. The van der Waals surface area contributed by atoms with Gasteiger partial charge in [0.1, 0.15) is 5.75 Å². The third kappa shape index (κ3) is 2.98. The van der Waals surface area contributed by atoms with E-state index in [4.69, 9.17) is 16.3 Å². The molecule has 0 fully saturated rings. The topological polar surface area (TPSA) is 21.3 Å². The Kier molecular flexibility index (Phi) is 4.50. The Balaban J connectivity index is 2.14. The molecule has 0 spiro atoms. The summed E-state index contributed by atoms with van der Waals surface area (Å²) in [5, 5.41) is 4.03. The van der Waals surface area contributed by atoms with Crippen molar-refractivity contribution in [1.29, 1.82) is 0 Å². The molecule has 0 radical (unpaired) electrons. The molecule has 0 amide bonds. The minimum absolute atomic E-state index is 0.683. The molecule has 0 unspecified atom stereocenters. The number of hydrogen-bond donors (Lipinski definition) is 1. The zero-order valence-corrected chi connectivity index (χ0v) is 12.3. The summed E-state index contributed by atoms with van der Waals surface area (Å²) < 4.78 is 6.19. The molecule has 2 aromatic carbocycles. The molecule has 0 aliphatic carbocycles. The van der Waals surface area contributed by atoms with E-state index in [0.717, 1.165) is 21.5 Å². The van der Waals surface area contributed by atoms with Crippen LogP contribution in [0.15, 0.2) is 46.9 Å². The summed E-state index contributed by atoms with van der Waals surface area (Å²) in [4.78, 5) is 0. The lowest BCUT2D eigenvalue weighted by molar-refractivity contribution is 0.410. The van der Waals surface area contributed by atoms with Crippen LogP contribution in [-0.2, 0) is 6.54 Å². The molecule has 2 nitrogen and oxygen atoms in total. The highest BCUT2D eigenvalue weighted by molar-refractivity contribution is 9.10. The highest BCUT2D eigenvalue weighted by Gasteiger charge is 2.05. The second-order valence-electron chi connectivity index (χ2n) is 3.77. The largest absolute Gasteiger partial charge is 0.496 e. The fourth-order valence-corrected chi connectivity index (χ4v) is 2.26. The van der Waals surface area contributed by atoms with Gasteiger partial charge in [-0.2, -0.15) is 0 Å². The second-order valence-corrected chi connectivity index (χ2v) is 4.97. The molecular weight excluding hydrogens is 314 g/mol. The maximum Gasteiger partial charge on any atom is 0.123 e. The number of nitrogens with one attached hydrogen (secondary N) is 1. The van der Waals surface area contributed by atoms with Gasteiger partial charge in [-0.25, -0.2) is 0 Å². The first-order valence-corrected chi connectivity index (χ1v) is 6.69. The van der Waals surface area contributed by atoms with Crippen LogP contribution >= 0.6 is 27.5 Å². The molecule has 1 N–H and O–H groups in total. The van der Waals surface area contributed by atoms with Crippen molar-refractivity contribution >= 4 is 33.2 Å². The van der Waals surface area contributed by atoms with E-state index in [1.54, 1.807) is 7.11 Å². The Morgan fingerprint density at radius 3 is 2.72 bits per heavy atom. The van der Waals surface area contributed by atoms with Crippen molar-refractivity contribution in [3.63, 3.8) is 0 Å². The minimum Gasteiger partial charge on any atom is -0.496 e. The van der Waals surface area contributed by atoms with Crippen molar-refractivity contribution in [1.82, 2.24) is 0 Å². The number of methoxy groups -OCH3 is 1. The molecule has 0 heterocycles. The predicted molar refractivity (Wildman–Crippen MR) is 79.5 cm³/mol. The van der Waals surface area contributed by atoms with Crippen LogP contribution in [0.4, 0.5) is 5.69 Å². The second kappa shape index (κ2) is 6.12. The van der Waals surface area contributed by atoms with E-state index in [2.05, 4.69) is 21.2 Å². The van der Waals surface area contributed by atoms with Gasteiger partial charge < -0.3 is 10.1 Å². The number of para-hydroxylation sites is 1. The summed E-state index contributed by atoms with van der Waals surface area (Å²) in [5.74, 6) is 0.878. The quantitative estimate of drug-likeness (QED) is 0.877. The number of halogens is 2. The van der Waals surface area contributed by atoms with Crippen LogP contribution < -0.4 is 10.1 Å². The predicted octanol–water partition coefficient (Wildman–Crippen LogP) is 4.72. The zero-order chi connectivity index (χ0) is 13.0. The molecule has 2 rings (SSSR count). The molecule has 2 aromatic rings. The summed E-state index contributed by atoms with van der Waals surface area (Å²) in [7, 11) is 1.67. The Bertz CT molecular complexity index is 545. The SMILES string of the molecule is COc1ccccc1CNc1cccc(Cl)c1Br. The zero-order valence-electron chi connectivity index (χ0n) is 9.91. The number of rotatable bonds is 4. The molecular formula is C14H13BrClNO. The number of anilines is 1. The van der Waals surface area contributed by atoms with Crippen molar-refractivity contribution in [2.75, 3.05) is 12.4 Å². The molecule has 0 saturated carbocycles. The van der Waals surface area contributed by atoms with E-state index in [1.165, 1.54) is 0 Å². The van der Waals surface area contributed by atoms with Gasteiger partial charge in [0, 0.05) is 12.1 Å². The normalized spacial score (nSPS) is 10.2. The fraction of sp³-hybridized carbons (Fsp3) is 0.143. The van der Waals surface area contributed by atoms with Crippen LogP contribution in [-0.4, -0.2) is 7.11 Å². The van der Waals surface area contributed by atoms with Crippen LogP contribution in [0.3, 0.4) is 0 Å². The van der Waals surface area contributed by atoms with Crippen molar-refractivity contribution in [2.24, 2.45) is 0 Å². The molecule has 0 atom stereocenters. The van der Waals surface area contributed by atoms with Gasteiger partial charge in [0.05, 0.1) is 22.3 Å². The van der Waals surface area contributed by atoms with Crippen molar-refractivity contribution in [2.45, 2.75) is 6.54 Å². The lowest BCUT2D eigenvalue weighted by atomic mass is 10.2. The van der Waals surface area contributed by atoms with E-state index in [9.17, 15) is 0 Å². The van der Waals surface area contributed by atoms with E-state index >= 15 is 0 Å². The van der Waals surface area contributed by atoms with Gasteiger partial charge in [-0.3, -0.25) is 0 Å². The number of ether oxygens (including phenoxy) is 1. The summed E-state index contributed by atoms with van der Waals surface area (Å²) in [6.07, 6.45) is 0. The molecule has 18 heavy (non-hydrogen) atoms. The summed E-state index contributed by atoms with van der Waals surface area (Å²) >= 11 is 9.51.